The minimum absolute atomic E-state index is 0.299. The molecular weight excluding hydrogens is 456 g/mol. The fourth-order valence-electron chi connectivity index (χ4n) is 2.92. The first-order valence-corrected chi connectivity index (χ1v) is 11.7. The van der Waals surface area contributed by atoms with E-state index in [0.29, 0.717) is 37.7 Å². The average molecular weight is 473 g/mol. The molecule has 0 saturated carbocycles. The van der Waals surface area contributed by atoms with Crippen molar-refractivity contribution in [2.75, 3.05) is 11.8 Å². The number of anilines is 1. The normalized spacial score (nSPS) is 11.9. The van der Waals surface area contributed by atoms with E-state index in [2.05, 4.69) is 9.71 Å². The Morgan fingerprint density at radius 1 is 1.19 bits per heavy atom. The standard InChI is InChI=1S/C22H17ClN2O4S2/c1-28-22(26)17-8-4-2-7-15(17)13-30-21-18(11-16(23)12-24-21)25-31(27)20-10-14-6-3-5-9-19(14)29-20/h2-12,25H,13H2,1H3. The van der Waals surface area contributed by atoms with Crippen molar-refractivity contribution in [3.63, 3.8) is 0 Å². The molecule has 0 spiro atoms. The van der Waals surface area contributed by atoms with Crippen LogP contribution < -0.4 is 4.72 Å². The van der Waals surface area contributed by atoms with Gasteiger partial charge in [-0.1, -0.05) is 59.8 Å². The minimum Gasteiger partial charge on any atom is -0.465 e. The SMILES string of the molecule is COC(=O)c1ccccc1CSc1ncc(Cl)cc1NS(=O)c1cc2ccccc2o1. The van der Waals surface area contributed by atoms with Crippen LogP contribution in [0.2, 0.25) is 5.02 Å². The van der Waals surface area contributed by atoms with Crippen LogP contribution in [-0.2, 0) is 21.5 Å². The van der Waals surface area contributed by atoms with Crippen molar-refractivity contribution >= 4 is 57.0 Å². The van der Waals surface area contributed by atoms with Crippen LogP contribution in [0.25, 0.3) is 11.0 Å². The van der Waals surface area contributed by atoms with E-state index in [1.165, 1.54) is 25.1 Å². The molecule has 4 aromatic rings. The highest BCUT2D eigenvalue weighted by Gasteiger charge is 2.16. The number of pyridine rings is 1. The van der Waals surface area contributed by atoms with Crippen LogP contribution in [0, 0.1) is 0 Å². The average Bonchev–Trinajstić information content (AvgIpc) is 3.23. The quantitative estimate of drug-likeness (QED) is 0.274. The molecule has 0 amide bonds. The van der Waals surface area contributed by atoms with Crippen molar-refractivity contribution in [1.29, 1.82) is 0 Å². The van der Waals surface area contributed by atoms with Gasteiger partial charge in [0.05, 0.1) is 23.4 Å². The smallest absolute Gasteiger partial charge is 0.338 e. The van der Waals surface area contributed by atoms with E-state index in [-0.39, 0.29) is 0 Å². The summed E-state index contributed by atoms with van der Waals surface area (Å²) >= 11 is 7.51. The van der Waals surface area contributed by atoms with Gasteiger partial charge in [0.1, 0.15) is 10.6 Å². The molecule has 0 saturated heterocycles. The van der Waals surface area contributed by atoms with Crippen LogP contribution in [0.1, 0.15) is 15.9 Å². The lowest BCUT2D eigenvalue weighted by Crippen LogP contribution is -2.06. The van der Waals surface area contributed by atoms with Gasteiger partial charge in [0, 0.05) is 23.4 Å². The fraction of sp³-hybridized carbons (Fsp3) is 0.0909. The fourth-order valence-corrected chi connectivity index (χ4v) is 4.93. The number of nitrogens with zero attached hydrogens (tertiary/aromatic N) is 1. The number of carbonyl (C=O) groups is 1. The maximum atomic E-state index is 12.9. The van der Waals surface area contributed by atoms with Crippen LogP contribution in [0.15, 0.2) is 81.4 Å². The molecule has 4 rings (SSSR count). The third-order valence-electron chi connectivity index (χ3n) is 4.39. The van der Waals surface area contributed by atoms with Gasteiger partial charge in [-0.05, 0) is 23.8 Å². The van der Waals surface area contributed by atoms with Crippen molar-refractivity contribution < 1.29 is 18.2 Å². The topological polar surface area (TPSA) is 81.4 Å². The Hall–Kier alpha value is -2.81. The number of ether oxygens (including phenoxy) is 1. The Balaban J connectivity index is 1.55. The summed E-state index contributed by atoms with van der Waals surface area (Å²) in [5.41, 5.74) is 2.46. The number of hydrogen-bond donors (Lipinski definition) is 1. The summed E-state index contributed by atoms with van der Waals surface area (Å²) < 4.78 is 26.3. The van der Waals surface area contributed by atoms with Crippen LogP contribution in [0.5, 0.6) is 0 Å². The second-order valence-corrected chi connectivity index (χ2v) is 8.96. The van der Waals surface area contributed by atoms with Crippen LogP contribution in [0.4, 0.5) is 5.69 Å². The van der Waals surface area contributed by atoms with E-state index >= 15 is 0 Å². The molecule has 0 bridgehead atoms. The summed E-state index contributed by atoms with van der Waals surface area (Å²) in [4.78, 5) is 16.4. The Morgan fingerprint density at radius 2 is 1.97 bits per heavy atom. The van der Waals surface area contributed by atoms with Crippen molar-refractivity contribution in [1.82, 2.24) is 4.98 Å². The maximum absolute atomic E-state index is 12.9. The zero-order chi connectivity index (χ0) is 21.8. The Morgan fingerprint density at radius 3 is 2.77 bits per heavy atom. The first-order valence-electron chi connectivity index (χ1n) is 9.16. The Bertz CT molecular complexity index is 1240. The van der Waals surface area contributed by atoms with Gasteiger partial charge in [-0.25, -0.2) is 14.0 Å². The lowest BCUT2D eigenvalue weighted by Gasteiger charge is -2.11. The van der Waals surface area contributed by atoms with Gasteiger partial charge < -0.3 is 9.15 Å². The molecule has 0 aliphatic rings. The van der Waals surface area contributed by atoms with E-state index in [0.717, 1.165) is 10.9 Å². The highest BCUT2D eigenvalue weighted by atomic mass is 35.5. The number of hydrogen-bond acceptors (Lipinski definition) is 6. The number of nitrogens with one attached hydrogen (secondary N) is 1. The zero-order valence-corrected chi connectivity index (χ0v) is 18.7. The van der Waals surface area contributed by atoms with Gasteiger partial charge in [-0.2, -0.15) is 0 Å². The monoisotopic (exact) mass is 472 g/mol. The minimum atomic E-state index is -1.65. The lowest BCUT2D eigenvalue weighted by atomic mass is 10.1. The molecule has 9 heteroatoms. The molecular formula is C22H17ClN2O4S2. The Labute approximate surface area is 190 Å². The molecule has 2 aromatic heterocycles. The van der Waals surface area contributed by atoms with Crippen LogP contribution in [-0.4, -0.2) is 22.3 Å². The number of halogens is 1. The van der Waals surface area contributed by atoms with Gasteiger partial charge in [0.2, 0.25) is 5.09 Å². The molecule has 1 unspecified atom stereocenters. The van der Waals surface area contributed by atoms with Crippen molar-refractivity contribution in [2.24, 2.45) is 0 Å². The Kier molecular flexibility index (Phi) is 6.60. The zero-order valence-electron chi connectivity index (χ0n) is 16.3. The first-order chi connectivity index (χ1) is 15.0. The van der Waals surface area contributed by atoms with Gasteiger partial charge >= 0.3 is 5.97 Å². The number of rotatable bonds is 7. The molecule has 1 atom stereocenters. The van der Waals surface area contributed by atoms with Crippen LogP contribution in [0.3, 0.4) is 0 Å². The highest BCUT2D eigenvalue weighted by molar-refractivity contribution is 7.98. The van der Waals surface area contributed by atoms with E-state index in [4.69, 9.17) is 20.8 Å². The van der Waals surface area contributed by atoms with E-state index < -0.39 is 17.0 Å². The predicted molar refractivity (Wildman–Crippen MR) is 123 cm³/mol. The third-order valence-corrected chi connectivity index (χ3v) is 6.63. The number of para-hydroxylation sites is 1. The molecule has 2 heterocycles. The molecule has 0 aliphatic carbocycles. The number of aromatic nitrogens is 1. The molecule has 0 fully saturated rings. The summed E-state index contributed by atoms with van der Waals surface area (Å²) in [6, 6.07) is 18.0. The molecule has 6 nitrogen and oxygen atoms in total. The number of methoxy groups -OCH3 is 1. The van der Waals surface area contributed by atoms with Crippen molar-refractivity contribution in [2.45, 2.75) is 15.9 Å². The molecule has 31 heavy (non-hydrogen) atoms. The van der Waals surface area contributed by atoms with Gasteiger partial charge in [0.25, 0.3) is 0 Å². The number of fused-ring (bicyclic) bond motifs is 1. The van der Waals surface area contributed by atoms with E-state index in [9.17, 15) is 9.00 Å². The van der Waals surface area contributed by atoms with E-state index in [1.807, 2.05) is 36.4 Å². The largest absolute Gasteiger partial charge is 0.465 e. The molecule has 2 aromatic carbocycles. The molecule has 0 aliphatic heterocycles. The highest BCUT2D eigenvalue weighted by Crippen LogP contribution is 2.32. The van der Waals surface area contributed by atoms with Crippen molar-refractivity contribution in [3.8, 4) is 0 Å². The van der Waals surface area contributed by atoms with Crippen LogP contribution >= 0.6 is 23.4 Å². The van der Waals surface area contributed by atoms with Gasteiger partial charge in [0.15, 0.2) is 11.0 Å². The number of carbonyl (C=O) groups excluding carboxylic acids is 1. The van der Waals surface area contributed by atoms with Gasteiger partial charge in [-0.15, -0.1) is 0 Å². The summed E-state index contributed by atoms with van der Waals surface area (Å²) in [7, 11) is -0.300. The van der Waals surface area contributed by atoms with Crippen molar-refractivity contribution in [3.05, 3.63) is 83.0 Å². The first kappa shape index (κ1) is 21.4. The molecule has 158 valence electrons. The predicted octanol–water partition coefficient (Wildman–Crippen LogP) is 5.69. The lowest BCUT2D eigenvalue weighted by molar-refractivity contribution is 0.0600. The maximum Gasteiger partial charge on any atom is 0.338 e. The summed E-state index contributed by atoms with van der Waals surface area (Å²) in [5.74, 6) is 0.0656. The van der Waals surface area contributed by atoms with Gasteiger partial charge in [-0.3, -0.25) is 4.72 Å². The summed E-state index contributed by atoms with van der Waals surface area (Å²) in [6.45, 7) is 0. The second kappa shape index (κ2) is 9.55. The molecule has 1 N–H and O–H groups in total. The summed E-state index contributed by atoms with van der Waals surface area (Å²) in [6.07, 6.45) is 1.52. The molecule has 0 radical (unpaired) electrons. The number of esters is 1. The summed E-state index contributed by atoms with van der Waals surface area (Å²) in [5, 5.41) is 2.16. The number of thioether (sulfide) groups is 1. The number of furan rings is 1. The number of benzene rings is 2. The third kappa shape index (κ3) is 4.92. The second-order valence-electron chi connectivity index (χ2n) is 6.42. The van der Waals surface area contributed by atoms with E-state index in [1.54, 1.807) is 24.3 Å².